The van der Waals surface area contributed by atoms with Crippen LogP contribution in [0, 0.1) is 0 Å². The largest absolute Gasteiger partial charge is 0.467 e. The normalized spacial score (nSPS) is 12.6. The fraction of sp³-hybridized carbons (Fsp3) is 0.227. The average Bonchev–Trinajstić information content (AvgIpc) is 3.19. The molecule has 5 heteroatoms. The lowest BCUT2D eigenvalue weighted by Crippen LogP contribution is -2.40. The number of rotatable bonds is 8. The van der Waals surface area contributed by atoms with Crippen molar-refractivity contribution < 1.29 is 13.7 Å². The maximum absolute atomic E-state index is 12.9. The Morgan fingerprint density at radius 2 is 1.59 bits per heavy atom. The Morgan fingerprint density at radius 3 is 2.15 bits per heavy atom. The molecule has 0 fully saturated rings. The van der Waals surface area contributed by atoms with Crippen LogP contribution in [-0.2, 0) is 4.53 Å². The molecule has 3 rings (SSSR count). The molecule has 0 amide bonds. The second-order valence-corrected chi connectivity index (χ2v) is 11.8. The van der Waals surface area contributed by atoms with Gasteiger partial charge in [0.05, 0.1) is 12.0 Å². The number of hydroxylamine groups is 1. The molecule has 0 N–H and O–H groups in total. The molecule has 1 atom stereocenters. The minimum atomic E-state index is -1.94. The summed E-state index contributed by atoms with van der Waals surface area (Å²) in [7, 11) is -1.94. The van der Waals surface area contributed by atoms with Crippen molar-refractivity contribution in [3.63, 3.8) is 0 Å². The lowest BCUT2D eigenvalue weighted by Gasteiger charge is -2.36. The quantitative estimate of drug-likeness (QED) is 0.279. The lowest BCUT2D eigenvalue weighted by molar-refractivity contribution is 0.0946. The molecule has 0 aliphatic carbocycles. The van der Waals surface area contributed by atoms with E-state index < -0.39 is 8.32 Å². The predicted molar refractivity (Wildman–Crippen MR) is 110 cm³/mol. The van der Waals surface area contributed by atoms with Crippen molar-refractivity contribution in [2.24, 2.45) is 0 Å². The summed E-state index contributed by atoms with van der Waals surface area (Å²) in [4.78, 5) is 12.9. The summed E-state index contributed by atoms with van der Waals surface area (Å²) in [6.07, 6.45) is 1.89. The summed E-state index contributed by atoms with van der Waals surface area (Å²) >= 11 is 0. The van der Waals surface area contributed by atoms with Gasteiger partial charge in [-0.2, -0.15) is 0 Å². The Bertz CT molecular complexity index is 842. The summed E-state index contributed by atoms with van der Waals surface area (Å²) < 4.78 is 12.1. The van der Waals surface area contributed by atoms with Gasteiger partial charge >= 0.3 is 0 Å². The van der Waals surface area contributed by atoms with E-state index >= 15 is 0 Å². The number of ketones is 1. The molecule has 4 nitrogen and oxygen atoms in total. The average molecular weight is 380 g/mol. The van der Waals surface area contributed by atoms with E-state index in [1.807, 2.05) is 77.9 Å². The minimum Gasteiger partial charge on any atom is -0.467 e. The molecule has 0 saturated carbocycles. The molecule has 0 saturated heterocycles. The summed E-state index contributed by atoms with van der Waals surface area (Å²) in [6, 6.07) is 22.6. The zero-order chi connectivity index (χ0) is 19.3. The van der Waals surface area contributed by atoms with Crippen LogP contribution in [0.4, 0.5) is 5.69 Å². The Labute approximate surface area is 161 Å². The molecule has 1 unspecified atom stereocenters. The Kier molecular flexibility index (Phi) is 5.93. The van der Waals surface area contributed by atoms with Crippen LogP contribution in [0.5, 0.6) is 0 Å². The fourth-order valence-electron chi connectivity index (χ4n) is 2.86. The van der Waals surface area contributed by atoms with Gasteiger partial charge in [0.25, 0.3) is 0 Å². The van der Waals surface area contributed by atoms with Crippen molar-refractivity contribution in [1.29, 1.82) is 0 Å². The van der Waals surface area contributed by atoms with Crippen molar-refractivity contribution in [3.8, 4) is 0 Å². The molecule has 1 heterocycles. The van der Waals surface area contributed by atoms with Gasteiger partial charge in [-0.1, -0.05) is 48.5 Å². The summed E-state index contributed by atoms with van der Waals surface area (Å²) in [5.41, 5.74) is 1.59. The number of benzene rings is 2. The molecule has 0 aliphatic heterocycles. The second kappa shape index (κ2) is 8.37. The van der Waals surface area contributed by atoms with E-state index in [4.69, 9.17) is 8.94 Å². The molecule has 3 aromatic rings. The van der Waals surface area contributed by atoms with E-state index in [-0.39, 0.29) is 18.2 Å². The Balaban J connectivity index is 1.97. The van der Waals surface area contributed by atoms with Crippen molar-refractivity contribution >= 4 is 19.8 Å². The van der Waals surface area contributed by atoms with E-state index in [1.54, 1.807) is 6.26 Å². The molecule has 2 aromatic carbocycles. The van der Waals surface area contributed by atoms with Gasteiger partial charge in [-0.05, 0) is 43.9 Å². The Morgan fingerprint density at radius 1 is 0.963 bits per heavy atom. The monoisotopic (exact) mass is 379 g/mol. The third kappa shape index (κ3) is 5.18. The van der Waals surface area contributed by atoms with Crippen LogP contribution in [0.2, 0.25) is 19.6 Å². The van der Waals surface area contributed by atoms with Crippen LogP contribution < -0.4 is 5.06 Å². The van der Waals surface area contributed by atoms with Gasteiger partial charge in [0.2, 0.25) is 8.32 Å². The number of carbonyl (C=O) groups is 1. The SMILES string of the molecule is C[Si](C)(C)ON(c1ccccc1)C(CC(=O)c1ccccc1)c1ccco1. The summed E-state index contributed by atoms with van der Waals surface area (Å²) in [5, 5.41) is 1.85. The van der Waals surface area contributed by atoms with E-state index in [0.29, 0.717) is 11.3 Å². The predicted octanol–water partition coefficient (Wildman–Crippen LogP) is 5.87. The van der Waals surface area contributed by atoms with Crippen LogP contribution in [0.1, 0.15) is 28.6 Å². The van der Waals surface area contributed by atoms with Crippen LogP contribution in [-0.4, -0.2) is 14.1 Å². The van der Waals surface area contributed by atoms with Crippen molar-refractivity contribution in [1.82, 2.24) is 0 Å². The number of para-hydroxylation sites is 1. The number of hydrogen-bond donors (Lipinski definition) is 0. The Hall–Kier alpha value is -2.63. The number of hydrogen-bond acceptors (Lipinski definition) is 4. The molecule has 0 aliphatic rings. The highest BCUT2D eigenvalue weighted by Gasteiger charge is 2.31. The first kappa shape index (κ1) is 19.1. The molecule has 0 bridgehead atoms. The molecule has 1 aromatic heterocycles. The summed E-state index contributed by atoms with van der Waals surface area (Å²) in [6.45, 7) is 6.38. The van der Waals surface area contributed by atoms with Gasteiger partial charge < -0.3 is 8.94 Å². The van der Waals surface area contributed by atoms with E-state index in [9.17, 15) is 4.79 Å². The maximum atomic E-state index is 12.9. The molecule has 140 valence electrons. The molecule has 27 heavy (non-hydrogen) atoms. The highest BCUT2D eigenvalue weighted by molar-refractivity contribution is 6.69. The first-order valence-electron chi connectivity index (χ1n) is 9.09. The fourth-order valence-corrected chi connectivity index (χ4v) is 3.69. The van der Waals surface area contributed by atoms with E-state index in [2.05, 4.69) is 19.6 Å². The van der Waals surface area contributed by atoms with Gasteiger partial charge in [-0.3, -0.25) is 9.86 Å². The molecule has 0 spiro atoms. The number of furan rings is 1. The maximum Gasteiger partial charge on any atom is 0.220 e. The van der Waals surface area contributed by atoms with Crippen molar-refractivity contribution in [2.45, 2.75) is 32.1 Å². The van der Waals surface area contributed by atoms with Crippen LogP contribution in [0.25, 0.3) is 0 Å². The number of nitrogens with zero attached hydrogens (tertiary/aromatic N) is 1. The zero-order valence-corrected chi connectivity index (χ0v) is 17.0. The van der Waals surface area contributed by atoms with Gasteiger partial charge in [-0.25, -0.2) is 0 Å². The van der Waals surface area contributed by atoms with Gasteiger partial charge in [0.15, 0.2) is 5.78 Å². The highest BCUT2D eigenvalue weighted by atomic mass is 28.4. The van der Waals surface area contributed by atoms with Crippen molar-refractivity contribution in [3.05, 3.63) is 90.4 Å². The third-order valence-electron chi connectivity index (χ3n) is 4.01. The number of anilines is 1. The first-order chi connectivity index (χ1) is 12.9. The highest BCUT2D eigenvalue weighted by Crippen LogP contribution is 2.33. The minimum absolute atomic E-state index is 0.0529. The molecule has 0 radical (unpaired) electrons. The van der Waals surface area contributed by atoms with E-state index in [1.165, 1.54) is 0 Å². The van der Waals surface area contributed by atoms with Crippen molar-refractivity contribution in [2.75, 3.05) is 5.06 Å². The zero-order valence-electron chi connectivity index (χ0n) is 16.0. The lowest BCUT2D eigenvalue weighted by atomic mass is 10.0. The van der Waals surface area contributed by atoms with Gasteiger partial charge in [0.1, 0.15) is 11.8 Å². The smallest absolute Gasteiger partial charge is 0.220 e. The topological polar surface area (TPSA) is 42.7 Å². The second-order valence-electron chi connectivity index (χ2n) is 7.39. The van der Waals surface area contributed by atoms with Gasteiger partial charge in [-0.15, -0.1) is 0 Å². The van der Waals surface area contributed by atoms with Crippen LogP contribution in [0.3, 0.4) is 0 Å². The first-order valence-corrected chi connectivity index (χ1v) is 12.5. The molecular weight excluding hydrogens is 354 g/mol. The molecular formula is C22H25NO3Si. The van der Waals surface area contributed by atoms with Crippen LogP contribution in [0.15, 0.2) is 83.5 Å². The van der Waals surface area contributed by atoms with E-state index in [0.717, 1.165) is 5.69 Å². The number of carbonyl (C=O) groups excluding carboxylic acids is 1. The van der Waals surface area contributed by atoms with Crippen LogP contribution >= 0.6 is 0 Å². The standard InChI is InChI=1S/C22H25NO3Si/c1-27(2,3)26-23(19-13-8-5-9-14-19)20(22-15-10-16-25-22)17-21(24)18-11-6-4-7-12-18/h4-16,20H,17H2,1-3H3. The third-order valence-corrected chi connectivity index (χ3v) is 4.76. The number of Topliss-reactive ketones (excluding diaryl/α,β-unsaturated/α-hetero) is 1. The summed E-state index contributed by atoms with van der Waals surface area (Å²) in [5.74, 6) is 0.762. The van der Waals surface area contributed by atoms with Gasteiger partial charge in [0, 0.05) is 12.0 Å².